The fourth-order valence-corrected chi connectivity index (χ4v) is 3.85. The Morgan fingerprint density at radius 1 is 0.857 bits per heavy atom. The van der Waals surface area contributed by atoms with Crippen LogP contribution < -0.4 is 0 Å². The number of rotatable bonds is 10. The number of ether oxygens (including phenoxy) is 6. The summed E-state index contributed by atoms with van der Waals surface area (Å²) in [6.45, 7) is 10.9. The molecule has 1 heterocycles. The van der Waals surface area contributed by atoms with Gasteiger partial charge in [-0.3, -0.25) is 19.2 Å². The lowest BCUT2D eigenvalue weighted by Gasteiger charge is -2.44. The molecule has 0 saturated carbocycles. The third-order valence-corrected chi connectivity index (χ3v) is 5.12. The highest BCUT2D eigenvalue weighted by atomic mass is 16.7. The van der Waals surface area contributed by atoms with Crippen molar-refractivity contribution in [2.24, 2.45) is 0 Å². The third kappa shape index (κ3) is 7.90. The highest BCUT2D eigenvalue weighted by Crippen LogP contribution is 2.38. The van der Waals surface area contributed by atoms with Gasteiger partial charge < -0.3 is 28.4 Å². The Bertz CT molecular complexity index is 940. The smallest absolute Gasteiger partial charge is 0.305 e. The fourth-order valence-electron chi connectivity index (χ4n) is 3.85. The zero-order chi connectivity index (χ0) is 26.1. The van der Waals surface area contributed by atoms with Gasteiger partial charge in [0.15, 0.2) is 12.2 Å². The maximum absolute atomic E-state index is 12.0. The van der Waals surface area contributed by atoms with Crippen LogP contribution in [0.4, 0.5) is 0 Å². The Hall–Kier alpha value is -3.24. The molecule has 0 spiro atoms. The van der Waals surface area contributed by atoms with Crippen LogP contribution in [0.1, 0.15) is 57.4 Å². The normalized spacial score (nSPS) is 23.6. The zero-order valence-electron chi connectivity index (χ0n) is 20.6. The second kappa shape index (κ2) is 13.0. The molecule has 35 heavy (non-hydrogen) atoms. The second-order valence-electron chi connectivity index (χ2n) is 7.94. The van der Waals surface area contributed by atoms with E-state index in [0.29, 0.717) is 18.8 Å². The minimum absolute atomic E-state index is 0.296. The van der Waals surface area contributed by atoms with E-state index >= 15 is 0 Å². The van der Waals surface area contributed by atoms with E-state index in [4.69, 9.17) is 28.4 Å². The molecule has 1 unspecified atom stereocenters. The monoisotopic (exact) mass is 492 g/mol. The predicted octanol–water partition coefficient (Wildman–Crippen LogP) is 2.71. The summed E-state index contributed by atoms with van der Waals surface area (Å²) in [5.74, 6) is -2.83. The van der Waals surface area contributed by atoms with Crippen molar-refractivity contribution in [1.82, 2.24) is 0 Å². The van der Waals surface area contributed by atoms with Gasteiger partial charge in [0, 0.05) is 27.7 Å². The van der Waals surface area contributed by atoms with Crippen LogP contribution in [0.15, 0.2) is 30.9 Å². The summed E-state index contributed by atoms with van der Waals surface area (Å²) in [4.78, 5) is 47.6. The van der Waals surface area contributed by atoms with Crippen LogP contribution >= 0.6 is 0 Å². The van der Waals surface area contributed by atoms with Crippen molar-refractivity contribution < 1.29 is 47.6 Å². The first kappa shape index (κ1) is 28.0. The van der Waals surface area contributed by atoms with Gasteiger partial charge in [0.1, 0.15) is 6.10 Å². The van der Waals surface area contributed by atoms with Gasteiger partial charge in [0.05, 0.1) is 13.2 Å². The van der Waals surface area contributed by atoms with Gasteiger partial charge >= 0.3 is 23.9 Å². The summed E-state index contributed by atoms with van der Waals surface area (Å²) in [5, 5.41) is 0. The maximum atomic E-state index is 12.0. The molecule has 1 aromatic carbocycles. The summed E-state index contributed by atoms with van der Waals surface area (Å²) in [5.41, 5.74) is 2.46. The van der Waals surface area contributed by atoms with Gasteiger partial charge in [-0.2, -0.15) is 0 Å². The summed E-state index contributed by atoms with van der Waals surface area (Å²) in [6, 6.07) is 5.49. The molecule has 0 aliphatic carbocycles. The number of esters is 4. The van der Waals surface area contributed by atoms with E-state index in [0.717, 1.165) is 38.3 Å². The second-order valence-corrected chi connectivity index (χ2v) is 7.94. The van der Waals surface area contributed by atoms with Crippen molar-refractivity contribution in [3.63, 3.8) is 0 Å². The van der Waals surface area contributed by atoms with Crippen LogP contribution in [0.25, 0.3) is 0 Å². The largest absolute Gasteiger partial charge is 0.455 e. The first-order valence-electron chi connectivity index (χ1n) is 11.2. The molecule has 0 radical (unpaired) electrons. The molecule has 1 fully saturated rings. The van der Waals surface area contributed by atoms with E-state index in [1.165, 1.54) is 6.92 Å². The molecule has 0 N–H and O–H groups in total. The molecule has 10 heteroatoms. The van der Waals surface area contributed by atoms with Crippen molar-refractivity contribution in [3.8, 4) is 0 Å². The number of carbonyl (C=O) groups excluding carboxylic acids is 4. The van der Waals surface area contributed by atoms with Gasteiger partial charge in [0.25, 0.3) is 0 Å². The minimum atomic E-state index is -1.43. The average molecular weight is 493 g/mol. The average Bonchev–Trinajstić information content (AvgIpc) is 2.76. The van der Waals surface area contributed by atoms with Crippen LogP contribution in [0, 0.1) is 0 Å². The first-order chi connectivity index (χ1) is 16.6. The first-order valence-corrected chi connectivity index (χ1v) is 11.2. The molecule has 1 aliphatic rings. The molecular formula is C25H32O10. The van der Waals surface area contributed by atoms with Crippen molar-refractivity contribution in [2.75, 3.05) is 6.61 Å². The molecule has 192 valence electrons. The number of benzene rings is 1. The summed E-state index contributed by atoms with van der Waals surface area (Å²) in [7, 11) is 0. The Morgan fingerprint density at radius 3 is 1.97 bits per heavy atom. The maximum Gasteiger partial charge on any atom is 0.305 e. The Balaban J connectivity index is 2.59. The highest BCUT2D eigenvalue weighted by Gasteiger charge is 2.53. The lowest BCUT2D eigenvalue weighted by atomic mass is 9.91. The molecular weight excluding hydrogens is 460 g/mol. The van der Waals surface area contributed by atoms with Gasteiger partial charge in [0.2, 0.25) is 12.4 Å². The molecule has 0 bridgehead atoms. The number of hydrogen-bond donors (Lipinski definition) is 0. The van der Waals surface area contributed by atoms with Crippen LogP contribution in [0.3, 0.4) is 0 Å². The van der Waals surface area contributed by atoms with E-state index in [9.17, 15) is 19.2 Å². The van der Waals surface area contributed by atoms with Gasteiger partial charge in [-0.15, -0.1) is 6.58 Å². The van der Waals surface area contributed by atoms with Gasteiger partial charge in [-0.05, 0) is 23.1 Å². The van der Waals surface area contributed by atoms with Crippen molar-refractivity contribution in [3.05, 3.63) is 47.5 Å². The summed E-state index contributed by atoms with van der Waals surface area (Å²) in [6.07, 6.45) is -3.96. The van der Waals surface area contributed by atoms with Crippen LogP contribution in [0.5, 0.6) is 0 Å². The molecule has 5 atom stereocenters. The van der Waals surface area contributed by atoms with Crippen LogP contribution in [0.2, 0.25) is 0 Å². The van der Waals surface area contributed by atoms with Crippen LogP contribution in [-0.2, 0) is 60.6 Å². The van der Waals surface area contributed by atoms with E-state index in [1.807, 2.05) is 19.1 Å². The molecule has 1 aliphatic heterocycles. The Morgan fingerprint density at radius 2 is 1.43 bits per heavy atom. The summed E-state index contributed by atoms with van der Waals surface area (Å²) >= 11 is 0. The fraction of sp³-hybridized carbons (Fsp3) is 0.520. The standard InChI is InChI=1S/C25H32O10/c1-7-11-30-13-20-12-19(10-9-18(20)8-2)21-22(31-14(3)26)23(32-15(4)27)24(33-16(5)28)25(35-21)34-17(6)29/h7,9-10,12,21-25H,1,8,11,13H2,2-6H3/t21-,22-,23+,24-,25?/m0/s1. The minimum Gasteiger partial charge on any atom is -0.455 e. The van der Waals surface area contributed by atoms with E-state index in [2.05, 4.69) is 6.58 Å². The molecule has 1 aromatic rings. The van der Waals surface area contributed by atoms with Crippen LogP contribution in [-0.4, -0.2) is 55.1 Å². The van der Waals surface area contributed by atoms with Gasteiger partial charge in [-0.1, -0.05) is 31.2 Å². The van der Waals surface area contributed by atoms with E-state index in [1.54, 1.807) is 12.1 Å². The molecule has 0 aromatic heterocycles. The molecule has 0 amide bonds. The molecule has 10 nitrogen and oxygen atoms in total. The number of hydrogen-bond acceptors (Lipinski definition) is 10. The lowest BCUT2D eigenvalue weighted by Crippen LogP contribution is -2.59. The highest BCUT2D eigenvalue weighted by molar-refractivity contribution is 5.69. The zero-order valence-corrected chi connectivity index (χ0v) is 20.6. The van der Waals surface area contributed by atoms with E-state index < -0.39 is 54.6 Å². The lowest BCUT2D eigenvalue weighted by molar-refractivity contribution is -0.298. The topological polar surface area (TPSA) is 124 Å². The molecule has 1 saturated heterocycles. The number of carbonyl (C=O) groups is 4. The SMILES string of the molecule is C=CCOCc1cc([C@@H]2OC(OC(C)=O)[C@@H](OC(C)=O)[C@H](OC(C)=O)[C@H]2OC(C)=O)ccc1CC. The quantitative estimate of drug-likeness (QED) is 0.208. The molecule has 2 rings (SSSR count). The van der Waals surface area contributed by atoms with Crippen molar-refractivity contribution in [2.45, 2.75) is 78.4 Å². The van der Waals surface area contributed by atoms with Crippen molar-refractivity contribution in [1.29, 1.82) is 0 Å². The van der Waals surface area contributed by atoms with Gasteiger partial charge in [-0.25, -0.2) is 0 Å². The predicted molar refractivity (Wildman–Crippen MR) is 122 cm³/mol. The van der Waals surface area contributed by atoms with E-state index in [-0.39, 0.29) is 0 Å². The Labute approximate surface area is 204 Å². The third-order valence-electron chi connectivity index (χ3n) is 5.12. The number of aryl methyl sites for hydroxylation is 1. The Kier molecular flexibility index (Phi) is 10.4. The summed E-state index contributed by atoms with van der Waals surface area (Å²) < 4.78 is 33.2. The van der Waals surface area contributed by atoms with Crippen molar-refractivity contribution >= 4 is 23.9 Å².